The van der Waals surface area contributed by atoms with Crippen molar-refractivity contribution in [3.8, 4) is 0 Å². The SMILES string of the molecule is CCCC(C)(N)C(=O)Nc1ccc2nc(C3CC3)sc2c1. The second kappa shape index (κ2) is 5.39. The summed E-state index contributed by atoms with van der Waals surface area (Å²) in [6.07, 6.45) is 4.07. The zero-order chi connectivity index (χ0) is 15.0. The minimum atomic E-state index is -0.823. The lowest BCUT2D eigenvalue weighted by atomic mass is 9.96. The van der Waals surface area contributed by atoms with E-state index >= 15 is 0 Å². The molecule has 0 saturated heterocycles. The molecule has 1 aromatic carbocycles. The number of thiazole rings is 1. The molecule has 1 atom stereocenters. The minimum Gasteiger partial charge on any atom is -0.324 e. The Labute approximate surface area is 128 Å². The number of aromatic nitrogens is 1. The summed E-state index contributed by atoms with van der Waals surface area (Å²) < 4.78 is 1.13. The summed E-state index contributed by atoms with van der Waals surface area (Å²) in [6.45, 7) is 3.81. The normalized spacial score (nSPS) is 17.7. The van der Waals surface area contributed by atoms with Gasteiger partial charge < -0.3 is 11.1 Å². The van der Waals surface area contributed by atoms with Crippen LogP contribution in [0.25, 0.3) is 10.2 Å². The van der Waals surface area contributed by atoms with Crippen molar-refractivity contribution < 1.29 is 4.79 Å². The highest BCUT2D eigenvalue weighted by Gasteiger charge is 2.28. The van der Waals surface area contributed by atoms with Crippen molar-refractivity contribution in [2.45, 2.75) is 51.0 Å². The lowest BCUT2D eigenvalue weighted by Crippen LogP contribution is -2.48. The minimum absolute atomic E-state index is 0.129. The Morgan fingerprint density at radius 2 is 2.29 bits per heavy atom. The summed E-state index contributed by atoms with van der Waals surface area (Å²) in [4.78, 5) is 16.9. The maximum absolute atomic E-state index is 12.2. The van der Waals surface area contributed by atoms with Gasteiger partial charge in [-0.1, -0.05) is 13.3 Å². The smallest absolute Gasteiger partial charge is 0.244 e. The van der Waals surface area contributed by atoms with Gasteiger partial charge in [0, 0.05) is 11.6 Å². The highest BCUT2D eigenvalue weighted by molar-refractivity contribution is 7.18. The van der Waals surface area contributed by atoms with Crippen molar-refractivity contribution in [2.75, 3.05) is 5.32 Å². The molecule has 112 valence electrons. The lowest BCUT2D eigenvalue weighted by molar-refractivity contribution is -0.120. The number of rotatable bonds is 5. The molecule has 1 saturated carbocycles. The van der Waals surface area contributed by atoms with Gasteiger partial charge >= 0.3 is 0 Å². The third-order valence-electron chi connectivity index (χ3n) is 3.88. The van der Waals surface area contributed by atoms with E-state index in [4.69, 9.17) is 5.73 Å². The van der Waals surface area contributed by atoms with Crippen molar-refractivity contribution in [3.63, 3.8) is 0 Å². The van der Waals surface area contributed by atoms with Crippen LogP contribution >= 0.6 is 11.3 Å². The molecule has 1 unspecified atom stereocenters. The van der Waals surface area contributed by atoms with Gasteiger partial charge in [-0.2, -0.15) is 0 Å². The Kier molecular flexibility index (Phi) is 3.71. The highest BCUT2D eigenvalue weighted by Crippen LogP contribution is 2.43. The van der Waals surface area contributed by atoms with Crippen molar-refractivity contribution >= 4 is 33.1 Å². The third-order valence-corrected chi connectivity index (χ3v) is 5.06. The molecule has 0 spiro atoms. The van der Waals surface area contributed by atoms with Crippen LogP contribution in [0.2, 0.25) is 0 Å². The first-order valence-electron chi connectivity index (χ1n) is 7.50. The molecular formula is C16H21N3OS. The zero-order valence-corrected chi connectivity index (χ0v) is 13.3. The van der Waals surface area contributed by atoms with E-state index in [1.54, 1.807) is 18.3 Å². The van der Waals surface area contributed by atoms with Crippen LogP contribution in [0.5, 0.6) is 0 Å². The van der Waals surface area contributed by atoms with Gasteiger partial charge in [0.15, 0.2) is 0 Å². The fourth-order valence-electron chi connectivity index (χ4n) is 2.43. The van der Waals surface area contributed by atoms with E-state index in [2.05, 4.69) is 10.3 Å². The predicted octanol–water partition coefficient (Wildman–Crippen LogP) is 3.63. The van der Waals surface area contributed by atoms with Crippen LogP contribution in [0.4, 0.5) is 5.69 Å². The number of nitrogens with zero attached hydrogens (tertiary/aromatic N) is 1. The Bertz CT molecular complexity index is 673. The van der Waals surface area contributed by atoms with Gasteiger partial charge in [0.1, 0.15) is 0 Å². The Morgan fingerprint density at radius 3 is 2.95 bits per heavy atom. The molecule has 1 aliphatic carbocycles. The number of hydrogen-bond donors (Lipinski definition) is 2. The number of fused-ring (bicyclic) bond motifs is 1. The molecule has 0 bridgehead atoms. The number of hydrogen-bond acceptors (Lipinski definition) is 4. The van der Waals surface area contributed by atoms with Gasteiger partial charge in [-0.05, 0) is 44.4 Å². The highest BCUT2D eigenvalue weighted by atomic mass is 32.1. The number of nitrogens with two attached hydrogens (primary N) is 1. The second-order valence-corrected chi connectivity index (χ2v) is 7.19. The van der Waals surface area contributed by atoms with Gasteiger partial charge in [-0.15, -0.1) is 11.3 Å². The second-order valence-electron chi connectivity index (χ2n) is 6.13. The monoisotopic (exact) mass is 303 g/mol. The first kappa shape index (κ1) is 14.5. The van der Waals surface area contributed by atoms with Gasteiger partial charge in [0.2, 0.25) is 5.91 Å². The van der Waals surface area contributed by atoms with E-state index in [1.165, 1.54) is 17.8 Å². The molecule has 1 amide bonds. The number of benzene rings is 1. The fourth-order valence-corrected chi connectivity index (χ4v) is 3.61. The van der Waals surface area contributed by atoms with Gasteiger partial charge in [-0.3, -0.25) is 4.79 Å². The molecule has 21 heavy (non-hydrogen) atoms. The van der Waals surface area contributed by atoms with Crippen LogP contribution < -0.4 is 11.1 Å². The first-order chi connectivity index (χ1) is 9.99. The maximum Gasteiger partial charge on any atom is 0.244 e. The first-order valence-corrected chi connectivity index (χ1v) is 8.32. The largest absolute Gasteiger partial charge is 0.324 e. The Hall–Kier alpha value is -1.46. The average molecular weight is 303 g/mol. The molecule has 1 aromatic heterocycles. The standard InChI is InChI=1S/C16H21N3OS/c1-3-8-16(2,17)15(20)18-11-6-7-12-13(9-11)21-14(19-12)10-4-5-10/h6-7,9-10H,3-5,8,17H2,1-2H3,(H,18,20). The number of carbonyl (C=O) groups is 1. The van der Waals surface area contributed by atoms with Crippen LogP contribution in [0.15, 0.2) is 18.2 Å². The zero-order valence-electron chi connectivity index (χ0n) is 12.5. The Morgan fingerprint density at radius 1 is 1.52 bits per heavy atom. The predicted molar refractivity (Wildman–Crippen MR) is 87.7 cm³/mol. The summed E-state index contributed by atoms with van der Waals surface area (Å²) in [7, 11) is 0. The topological polar surface area (TPSA) is 68.0 Å². The molecular weight excluding hydrogens is 282 g/mol. The molecule has 3 N–H and O–H groups in total. The van der Waals surface area contributed by atoms with E-state index in [9.17, 15) is 4.79 Å². The van der Waals surface area contributed by atoms with Gasteiger partial charge in [-0.25, -0.2) is 4.98 Å². The van der Waals surface area contributed by atoms with Gasteiger partial charge in [0.05, 0.1) is 20.8 Å². The van der Waals surface area contributed by atoms with Crippen molar-refractivity contribution in [1.29, 1.82) is 0 Å². The molecule has 3 rings (SSSR count). The summed E-state index contributed by atoms with van der Waals surface area (Å²) in [6, 6.07) is 5.87. The van der Waals surface area contributed by atoms with Crippen LogP contribution in [0, 0.1) is 0 Å². The summed E-state index contributed by atoms with van der Waals surface area (Å²) in [5.74, 6) is 0.535. The summed E-state index contributed by atoms with van der Waals surface area (Å²) >= 11 is 1.73. The van der Waals surface area contributed by atoms with E-state index in [1.807, 2.05) is 25.1 Å². The third kappa shape index (κ3) is 3.09. The van der Waals surface area contributed by atoms with Crippen molar-refractivity contribution in [2.24, 2.45) is 5.73 Å². The quantitative estimate of drug-likeness (QED) is 0.886. The van der Waals surface area contributed by atoms with Crippen molar-refractivity contribution in [1.82, 2.24) is 4.98 Å². The maximum atomic E-state index is 12.2. The van der Waals surface area contributed by atoms with Crippen LogP contribution in [-0.2, 0) is 4.79 Å². The molecule has 0 aliphatic heterocycles. The lowest BCUT2D eigenvalue weighted by Gasteiger charge is -2.22. The summed E-state index contributed by atoms with van der Waals surface area (Å²) in [5, 5.41) is 4.15. The number of anilines is 1. The van der Waals surface area contributed by atoms with Crippen LogP contribution in [0.3, 0.4) is 0 Å². The molecule has 1 aliphatic rings. The van der Waals surface area contributed by atoms with Crippen molar-refractivity contribution in [3.05, 3.63) is 23.2 Å². The average Bonchev–Trinajstić information content (AvgIpc) is 3.19. The van der Waals surface area contributed by atoms with E-state index in [-0.39, 0.29) is 5.91 Å². The molecule has 4 nitrogen and oxygen atoms in total. The number of carbonyl (C=O) groups excluding carboxylic acids is 1. The number of nitrogens with one attached hydrogen (secondary N) is 1. The Balaban J connectivity index is 1.79. The van der Waals surface area contributed by atoms with E-state index < -0.39 is 5.54 Å². The van der Waals surface area contributed by atoms with E-state index in [0.717, 1.165) is 22.3 Å². The molecule has 5 heteroatoms. The number of amides is 1. The fraction of sp³-hybridized carbons (Fsp3) is 0.500. The molecule has 2 aromatic rings. The van der Waals surface area contributed by atoms with Gasteiger partial charge in [0.25, 0.3) is 0 Å². The molecule has 1 heterocycles. The van der Waals surface area contributed by atoms with E-state index in [0.29, 0.717) is 12.3 Å². The van der Waals surface area contributed by atoms with Crippen LogP contribution in [-0.4, -0.2) is 16.4 Å². The van der Waals surface area contributed by atoms with Crippen LogP contribution in [0.1, 0.15) is 50.5 Å². The molecule has 1 fully saturated rings. The molecule has 0 radical (unpaired) electrons. The summed E-state index contributed by atoms with van der Waals surface area (Å²) in [5.41, 5.74) is 7.05.